The molecule has 0 aromatic heterocycles. The molecule has 1 aliphatic rings. The van der Waals surface area contributed by atoms with Crippen molar-refractivity contribution in [3.8, 4) is 11.5 Å². The van der Waals surface area contributed by atoms with E-state index in [-0.39, 0.29) is 5.75 Å². The first-order valence-electron chi connectivity index (χ1n) is 8.07. The number of aliphatic imine (C=N–C) groups is 1. The molecular formula is C17H27N3O3. The molecule has 0 spiro atoms. The van der Waals surface area contributed by atoms with Crippen molar-refractivity contribution < 1.29 is 14.6 Å². The van der Waals surface area contributed by atoms with Gasteiger partial charge in [0.05, 0.1) is 13.7 Å². The van der Waals surface area contributed by atoms with E-state index in [2.05, 4.69) is 15.2 Å². The average Bonchev–Trinajstić information content (AvgIpc) is 3.04. The van der Waals surface area contributed by atoms with E-state index in [0.29, 0.717) is 12.5 Å². The maximum atomic E-state index is 9.96. The number of nitrogens with one attached hydrogen (secondary N) is 1. The van der Waals surface area contributed by atoms with Crippen molar-refractivity contribution in [1.82, 2.24) is 10.2 Å². The number of phenols is 1. The van der Waals surface area contributed by atoms with Gasteiger partial charge in [0, 0.05) is 44.8 Å². The molecule has 2 rings (SSSR count). The van der Waals surface area contributed by atoms with Gasteiger partial charge in [-0.1, -0.05) is 0 Å². The summed E-state index contributed by atoms with van der Waals surface area (Å²) in [6, 6.07) is 5.22. The molecule has 6 heteroatoms. The van der Waals surface area contributed by atoms with E-state index in [1.165, 1.54) is 0 Å². The quantitative estimate of drug-likeness (QED) is 0.618. The van der Waals surface area contributed by atoms with Gasteiger partial charge >= 0.3 is 0 Å². The van der Waals surface area contributed by atoms with E-state index < -0.39 is 0 Å². The molecule has 1 heterocycles. The molecule has 128 valence electrons. The molecular weight excluding hydrogens is 294 g/mol. The van der Waals surface area contributed by atoms with Crippen LogP contribution in [0, 0.1) is 5.92 Å². The third-order valence-corrected chi connectivity index (χ3v) is 4.08. The summed E-state index contributed by atoms with van der Waals surface area (Å²) in [5.74, 6) is 2.39. The summed E-state index contributed by atoms with van der Waals surface area (Å²) in [7, 11) is 3.40. The minimum absolute atomic E-state index is 0.254. The average molecular weight is 321 g/mol. The van der Waals surface area contributed by atoms with Crippen LogP contribution in [0.5, 0.6) is 11.5 Å². The Kier molecular flexibility index (Phi) is 6.52. The summed E-state index contributed by atoms with van der Waals surface area (Å²) in [5.41, 5.74) is 0.788. The molecule has 6 nitrogen and oxygen atoms in total. The predicted octanol–water partition coefficient (Wildman–Crippen LogP) is 1.83. The number of nitrogens with zero attached hydrogens (tertiary/aromatic N) is 2. The van der Waals surface area contributed by atoms with E-state index in [0.717, 1.165) is 50.0 Å². The van der Waals surface area contributed by atoms with E-state index in [1.54, 1.807) is 26.3 Å². The van der Waals surface area contributed by atoms with Gasteiger partial charge < -0.3 is 24.8 Å². The van der Waals surface area contributed by atoms with E-state index in [4.69, 9.17) is 9.47 Å². The van der Waals surface area contributed by atoms with Gasteiger partial charge in [-0.3, -0.25) is 4.99 Å². The van der Waals surface area contributed by atoms with Crippen LogP contribution in [0.4, 0.5) is 0 Å². The smallest absolute Gasteiger partial charge is 0.193 e. The number of guanidine groups is 1. The van der Waals surface area contributed by atoms with Crippen molar-refractivity contribution in [2.45, 2.75) is 19.9 Å². The lowest BCUT2D eigenvalue weighted by molar-refractivity contribution is 0.114. The van der Waals surface area contributed by atoms with Crippen molar-refractivity contribution in [2.24, 2.45) is 10.9 Å². The second kappa shape index (κ2) is 8.62. The monoisotopic (exact) mass is 321 g/mol. The van der Waals surface area contributed by atoms with Gasteiger partial charge in [-0.25, -0.2) is 0 Å². The van der Waals surface area contributed by atoms with Gasteiger partial charge in [0.15, 0.2) is 5.96 Å². The van der Waals surface area contributed by atoms with Gasteiger partial charge in [-0.15, -0.1) is 0 Å². The molecule has 0 amide bonds. The number of aromatic hydroxyl groups is 1. The van der Waals surface area contributed by atoms with E-state index >= 15 is 0 Å². The van der Waals surface area contributed by atoms with Crippen molar-refractivity contribution in [2.75, 3.05) is 40.5 Å². The number of ether oxygens (including phenoxy) is 2. The van der Waals surface area contributed by atoms with Crippen molar-refractivity contribution in [3.05, 3.63) is 23.8 Å². The number of hydrogen-bond donors (Lipinski definition) is 2. The maximum absolute atomic E-state index is 9.96. The molecule has 23 heavy (non-hydrogen) atoms. The molecule has 0 aliphatic carbocycles. The molecule has 0 bridgehead atoms. The Hall–Kier alpha value is -1.95. The van der Waals surface area contributed by atoms with Gasteiger partial charge in [0.2, 0.25) is 0 Å². The number of benzene rings is 1. The molecule has 1 aliphatic heterocycles. The Morgan fingerprint density at radius 3 is 3.00 bits per heavy atom. The number of phenolic OH excluding ortho intramolecular Hbond substituents is 1. The normalized spacial score (nSPS) is 18.3. The zero-order chi connectivity index (χ0) is 16.7. The Morgan fingerprint density at radius 1 is 1.48 bits per heavy atom. The fraction of sp³-hybridized carbons (Fsp3) is 0.588. The Balaban J connectivity index is 1.91. The second-order valence-electron chi connectivity index (χ2n) is 5.66. The highest BCUT2D eigenvalue weighted by Crippen LogP contribution is 2.23. The molecule has 1 aromatic rings. The van der Waals surface area contributed by atoms with Crippen LogP contribution in [-0.2, 0) is 11.3 Å². The van der Waals surface area contributed by atoms with Crippen molar-refractivity contribution >= 4 is 5.96 Å². The van der Waals surface area contributed by atoms with Crippen LogP contribution < -0.4 is 10.1 Å². The molecule has 0 radical (unpaired) electrons. The minimum Gasteiger partial charge on any atom is -0.508 e. The topological polar surface area (TPSA) is 66.3 Å². The van der Waals surface area contributed by atoms with Gasteiger partial charge in [-0.05, 0) is 31.5 Å². The van der Waals surface area contributed by atoms with Crippen LogP contribution in [0.15, 0.2) is 23.2 Å². The molecule has 2 N–H and O–H groups in total. The summed E-state index contributed by atoms with van der Waals surface area (Å²) >= 11 is 0. The van der Waals surface area contributed by atoms with Crippen LogP contribution in [0.25, 0.3) is 0 Å². The van der Waals surface area contributed by atoms with Crippen LogP contribution >= 0.6 is 0 Å². The lowest BCUT2D eigenvalue weighted by Crippen LogP contribution is -2.39. The zero-order valence-corrected chi connectivity index (χ0v) is 14.2. The Bertz CT molecular complexity index is 534. The van der Waals surface area contributed by atoms with Crippen LogP contribution in [0.2, 0.25) is 0 Å². The highest BCUT2D eigenvalue weighted by molar-refractivity contribution is 5.80. The number of methoxy groups -OCH3 is 1. The third kappa shape index (κ3) is 4.76. The Morgan fingerprint density at radius 2 is 2.30 bits per heavy atom. The van der Waals surface area contributed by atoms with Gasteiger partial charge in [0.25, 0.3) is 0 Å². The number of hydrogen-bond acceptors (Lipinski definition) is 4. The molecule has 1 unspecified atom stereocenters. The van der Waals surface area contributed by atoms with Crippen molar-refractivity contribution in [1.29, 1.82) is 0 Å². The van der Waals surface area contributed by atoms with Gasteiger partial charge in [0.1, 0.15) is 11.5 Å². The standard InChI is InChI=1S/C17H27N3O3/c1-4-23-12-13-7-8-20(11-13)17(18-2)19-10-14-9-15(22-3)5-6-16(14)21/h5-6,9,13,21H,4,7-8,10-12H2,1-3H3,(H,18,19). The summed E-state index contributed by atoms with van der Waals surface area (Å²) < 4.78 is 10.7. The van der Waals surface area contributed by atoms with Crippen LogP contribution in [0.1, 0.15) is 18.9 Å². The third-order valence-electron chi connectivity index (χ3n) is 4.08. The van der Waals surface area contributed by atoms with E-state index in [1.807, 2.05) is 13.0 Å². The molecule has 1 saturated heterocycles. The molecule has 1 atom stereocenters. The summed E-state index contributed by atoms with van der Waals surface area (Å²) in [4.78, 5) is 6.59. The first-order chi connectivity index (χ1) is 11.2. The zero-order valence-electron chi connectivity index (χ0n) is 14.2. The highest BCUT2D eigenvalue weighted by Gasteiger charge is 2.24. The highest BCUT2D eigenvalue weighted by atomic mass is 16.5. The van der Waals surface area contributed by atoms with Crippen LogP contribution in [0.3, 0.4) is 0 Å². The predicted molar refractivity (Wildman–Crippen MR) is 91.0 cm³/mol. The van der Waals surface area contributed by atoms with Crippen LogP contribution in [-0.4, -0.2) is 56.4 Å². The lowest BCUT2D eigenvalue weighted by atomic mass is 10.1. The SMILES string of the molecule is CCOCC1CCN(C(=NC)NCc2cc(OC)ccc2O)C1. The van der Waals surface area contributed by atoms with Gasteiger partial charge in [-0.2, -0.15) is 0 Å². The largest absolute Gasteiger partial charge is 0.508 e. The fourth-order valence-electron chi connectivity index (χ4n) is 2.78. The molecule has 1 fully saturated rings. The fourth-order valence-corrected chi connectivity index (χ4v) is 2.78. The minimum atomic E-state index is 0.254. The molecule has 0 saturated carbocycles. The summed E-state index contributed by atoms with van der Waals surface area (Å²) in [6.07, 6.45) is 1.12. The first kappa shape index (κ1) is 17.4. The summed E-state index contributed by atoms with van der Waals surface area (Å²) in [6.45, 7) is 6.01. The van der Waals surface area contributed by atoms with E-state index in [9.17, 15) is 5.11 Å². The first-order valence-corrected chi connectivity index (χ1v) is 8.07. The number of rotatable bonds is 6. The Labute approximate surface area is 138 Å². The summed E-state index contributed by atoms with van der Waals surface area (Å²) in [5, 5.41) is 13.3. The molecule has 1 aromatic carbocycles. The maximum Gasteiger partial charge on any atom is 0.193 e. The second-order valence-corrected chi connectivity index (χ2v) is 5.66. The lowest BCUT2D eigenvalue weighted by Gasteiger charge is -2.22. The van der Waals surface area contributed by atoms with Crippen molar-refractivity contribution in [3.63, 3.8) is 0 Å². The number of likely N-dealkylation sites (tertiary alicyclic amines) is 1.